The number of nitrogens with zero attached hydrogens (tertiary/aromatic N) is 2. The first-order chi connectivity index (χ1) is 11.5. The van der Waals surface area contributed by atoms with E-state index in [9.17, 15) is 19.8 Å². The van der Waals surface area contributed by atoms with Crippen molar-refractivity contribution in [1.82, 2.24) is 10.3 Å². The molecule has 7 nitrogen and oxygen atoms in total. The highest BCUT2D eigenvalue weighted by atomic mass is 35.5. The van der Waals surface area contributed by atoms with Gasteiger partial charge in [-0.3, -0.25) is 9.59 Å². The predicted octanol–water partition coefficient (Wildman–Crippen LogP) is 2.91. The number of aromatic nitrogens is 2. The van der Waals surface area contributed by atoms with Crippen molar-refractivity contribution in [2.75, 3.05) is 0 Å². The molecule has 0 aliphatic heterocycles. The molecule has 0 amide bonds. The van der Waals surface area contributed by atoms with Crippen LogP contribution in [0.5, 0.6) is 0 Å². The van der Waals surface area contributed by atoms with E-state index in [-0.39, 0.29) is 0 Å². The maximum Gasteiger partial charge on any atom is 0.312 e. The van der Waals surface area contributed by atoms with Gasteiger partial charge >= 0.3 is 11.9 Å². The van der Waals surface area contributed by atoms with E-state index in [1.807, 2.05) is 0 Å². The van der Waals surface area contributed by atoms with Crippen molar-refractivity contribution in [2.24, 2.45) is 0 Å². The predicted molar refractivity (Wildman–Crippen MR) is 84.0 cm³/mol. The lowest BCUT2D eigenvalue weighted by molar-refractivity contribution is -0.147. The van der Waals surface area contributed by atoms with Gasteiger partial charge in [0.05, 0.1) is 11.8 Å². The van der Waals surface area contributed by atoms with Crippen molar-refractivity contribution < 1.29 is 24.4 Å². The molecule has 2 aromatic carbocycles. The molecule has 1 heterocycles. The molecule has 8 heteroatoms. The average molecular weight is 347 g/mol. The van der Waals surface area contributed by atoms with Crippen LogP contribution in [0.15, 0.2) is 47.1 Å². The van der Waals surface area contributed by atoms with E-state index in [0.29, 0.717) is 27.2 Å². The molecule has 0 saturated heterocycles. The van der Waals surface area contributed by atoms with Gasteiger partial charge in [0.25, 0.3) is 0 Å². The minimum atomic E-state index is -1.30. The molecule has 0 aliphatic carbocycles. The summed E-state index contributed by atoms with van der Waals surface area (Å²) in [5.41, 5.74) is 1.46. The summed E-state index contributed by atoms with van der Waals surface area (Å²) in [6.45, 7) is 0. The first-order valence-corrected chi connectivity index (χ1v) is 7.28. The summed E-state index contributed by atoms with van der Waals surface area (Å²) in [4.78, 5) is 23.6. The van der Waals surface area contributed by atoms with E-state index in [0.717, 1.165) is 0 Å². The number of carbonyl (C=O) groups is 2. The number of carboxylic acid groups (broad SMARTS) is 2. The van der Waals surface area contributed by atoms with Crippen LogP contribution < -0.4 is 0 Å². The topological polar surface area (TPSA) is 114 Å². The molecule has 24 heavy (non-hydrogen) atoms. The number of rotatable bonds is 5. The molecular formula is C16H11ClN2O5. The van der Waals surface area contributed by atoms with Crippen LogP contribution in [0.25, 0.3) is 11.0 Å². The zero-order valence-electron chi connectivity index (χ0n) is 12.1. The minimum absolute atomic E-state index is 0.299. The Morgan fingerprint density at radius 3 is 2.04 bits per heavy atom. The Morgan fingerprint density at radius 1 is 0.875 bits per heavy atom. The second-order valence-corrected chi connectivity index (χ2v) is 5.63. The standard InChI is InChI=1S/C16H11ClN2O5/c17-10-4-1-8(2-5-10)13(15(20)21)14(16(22)23)9-3-6-11-12(7-9)19-24-18-11/h1-7,13-14H,(H,20,21)(H,22,23). The lowest BCUT2D eigenvalue weighted by atomic mass is 9.81. The van der Waals surface area contributed by atoms with Crippen LogP contribution in [-0.4, -0.2) is 32.5 Å². The second-order valence-electron chi connectivity index (χ2n) is 5.20. The highest BCUT2D eigenvalue weighted by Crippen LogP contribution is 2.35. The van der Waals surface area contributed by atoms with E-state index in [1.165, 1.54) is 42.5 Å². The first kappa shape index (κ1) is 15.9. The molecule has 0 bridgehead atoms. The van der Waals surface area contributed by atoms with E-state index >= 15 is 0 Å². The molecule has 0 spiro atoms. The van der Waals surface area contributed by atoms with Gasteiger partial charge in [0.1, 0.15) is 11.0 Å². The van der Waals surface area contributed by atoms with Crippen LogP contribution in [0, 0.1) is 0 Å². The summed E-state index contributed by atoms with van der Waals surface area (Å²) in [5.74, 6) is -5.09. The molecule has 3 aromatic rings. The molecule has 0 saturated carbocycles. The van der Waals surface area contributed by atoms with Crippen LogP contribution >= 0.6 is 11.6 Å². The van der Waals surface area contributed by atoms with Gasteiger partial charge < -0.3 is 10.2 Å². The maximum absolute atomic E-state index is 11.8. The number of aliphatic carboxylic acids is 2. The number of halogens is 1. The molecule has 2 N–H and O–H groups in total. The van der Waals surface area contributed by atoms with Crippen LogP contribution in [0.2, 0.25) is 5.02 Å². The molecule has 122 valence electrons. The lowest BCUT2D eigenvalue weighted by Crippen LogP contribution is -2.26. The Morgan fingerprint density at radius 2 is 1.42 bits per heavy atom. The highest BCUT2D eigenvalue weighted by molar-refractivity contribution is 6.30. The van der Waals surface area contributed by atoms with Crippen molar-refractivity contribution in [3.05, 3.63) is 58.6 Å². The number of carboxylic acids is 2. The molecule has 2 atom stereocenters. The molecule has 3 rings (SSSR count). The Hall–Kier alpha value is -2.93. The lowest BCUT2D eigenvalue weighted by Gasteiger charge is -2.21. The van der Waals surface area contributed by atoms with Crippen LogP contribution in [0.4, 0.5) is 0 Å². The Bertz CT molecular complexity index is 906. The van der Waals surface area contributed by atoms with Gasteiger partial charge in [-0.25, -0.2) is 4.63 Å². The Kier molecular flexibility index (Phi) is 4.18. The van der Waals surface area contributed by atoms with Crippen LogP contribution in [-0.2, 0) is 9.59 Å². The summed E-state index contributed by atoms with van der Waals surface area (Å²) in [7, 11) is 0. The van der Waals surface area contributed by atoms with E-state index in [1.54, 1.807) is 0 Å². The van der Waals surface area contributed by atoms with Gasteiger partial charge in [-0.05, 0) is 45.7 Å². The van der Waals surface area contributed by atoms with Crippen molar-refractivity contribution >= 4 is 34.6 Å². The highest BCUT2D eigenvalue weighted by Gasteiger charge is 2.36. The van der Waals surface area contributed by atoms with Gasteiger partial charge in [-0.2, -0.15) is 0 Å². The van der Waals surface area contributed by atoms with Gasteiger partial charge in [0.15, 0.2) is 0 Å². The van der Waals surface area contributed by atoms with Gasteiger partial charge in [-0.15, -0.1) is 0 Å². The van der Waals surface area contributed by atoms with Crippen molar-refractivity contribution in [2.45, 2.75) is 11.8 Å². The van der Waals surface area contributed by atoms with Crippen molar-refractivity contribution in [1.29, 1.82) is 0 Å². The van der Waals surface area contributed by atoms with Gasteiger partial charge in [0, 0.05) is 5.02 Å². The largest absolute Gasteiger partial charge is 0.481 e. The molecule has 2 unspecified atom stereocenters. The summed E-state index contributed by atoms with van der Waals surface area (Å²) in [6, 6.07) is 10.6. The van der Waals surface area contributed by atoms with E-state index < -0.39 is 23.8 Å². The van der Waals surface area contributed by atoms with Gasteiger partial charge in [-0.1, -0.05) is 29.8 Å². The number of benzene rings is 2. The third kappa shape index (κ3) is 2.93. The monoisotopic (exact) mass is 346 g/mol. The summed E-state index contributed by atoms with van der Waals surface area (Å²) in [6.07, 6.45) is 0. The average Bonchev–Trinajstić information content (AvgIpc) is 3.00. The number of hydrogen-bond acceptors (Lipinski definition) is 5. The third-order valence-electron chi connectivity index (χ3n) is 3.73. The molecular weight excluding hydrogens is 336 g/mol. The molecule has 0 aliphatic rings. The fourth-order valence-corrected chi connectivity index (χ4v) is 2.74. The normalized spacial score (nSPS) is 13.5. The maximum atomic E-state index is 11.8. The summed E-state index contributed by atoms with van der Waals surface area (Å²) in [5, 5.41) is 27.0. The Labute approximate surface area is 140 Å². The third-order valence-corrected chi connectivity index (χ3v) is 3.98. The van der Waals surface area contributed by atoms with E-state index in [4.69, 9.17) is 11.6 Å². The Balaban J connectivity index is 2.11. The summed E-state index contributed by atoms with van der Waals surface area (Å²) >= 11 is 5.82. The second kappa shape index (κ2) is 6.29. The fourth-order valence-electron chi connectivity index (χ4n) is 2.62. The SMILES string of the molecule is O=C(O)C(c1ccc(Cl)cc1)C(C(=O)O)c1ccc2nonc2c1. The smallest absolute Gasteiger partial charge is 0.312 e. The quantitative estimate of drug-likeness (QED) is 0.730. The van der Waals surface area contributed by atoms with Gasteiger partial charge in [0.2, 0.25) is 0 Å². The number of fused-ring (bicyclic) bond motifs is 1. The fraction of sp³-hybridized carbons (Fsp3) is 0.125. The van der Waals surface area contributed by atoms with Crippen LogP contribution in [0.3, 0.4) is 0 Å². The van der Waals surface area contributed by atoms with Crippen LogP contribution in [0.1, 0.15) is 23.0 Å². The zero-order valence-corrected chi connectivity index (χ0v) is 12.8. The minimum Gasteiger partial charge on any atom is -0.481 e. The van der Waals surface area contributed by atoms with E-state index in [2.05, 4.69) is 14.9 Å². The van der Waals surface area contributed by atoms with Crippen molar-refractivity contribution in [3.8, 4) is 0 Å². The molecule has 0 fully saturated rings. The summed E-state index contributed by atoms with van der Waals surface area (Å²) < 4.78 is 4.59. The van der Waals surface area contributed by atoms with Crippen molar-refractivity contribution in [3.63, 3.8) is 0 Å². The zero-order chi connectivity index (χ0) is 17.3. The molecule has 0 radical (unpaired) electrons. The molecule has 1 aromatic heterocycles. The first-order valence-electron chi connectivity index (χ1n) is 6.90. The number of hydrogen-bond donors (Lipinski definition) is 2.